The Hall–Kier alpha value is -1.91. The molecule has 2 fully saturated rings. The number of nitrogens with one attached hydrogen (secondary N) is 1. The average Bonchev–Trinajstić information content (AvgIpc) is 3.18. The summed E-state index contributed by atoms with van der Waals surface area (Å²) >= 11 is 0. The molecule has 1 aliphatic carbocycles. The van der Waals surface area contributed by atoms with Crippen molar-refractivity contribution in [2.45, 2.75) is 51.4 Å². The van der Waals surface area contributed by atoms with Gasteiger partial charge >= 0.3 is 0 Å². The first kappa shape index (κ1) is 14.7. The summed E-state index contributed by atoms with van der Waals surface area (Å²) in [6.07, 6.45) is 11.3. The number of hydrogen-bond donors (Lipinski definition) is 1. The van der Waals surface area contributed by atoms with E-state index in [1.165, 1.54) is 25.7 Å². The van der Waals surface area contributed by atoms with Gasteiger partial charge in [0.25, 0.3) is 0 Å². The lowest BCUT2D eigenvalue weighted by atomic mass is 9.94. The van der Waals surface area contributed by atoms with Gasteiger partial charge in [0.2, 0.25) is 5.91 Å². The molecule has 0 spiro atoms. The van der Waals surface area contributed by atoms with Crippen molar-refractivity contribution in [1.29, 1.82) is 0 Å². The number of carbonyl (C=O) groups excluding carboxylic acids is 1. The number of amides is 1. The lowest BCUT2D eigenvalue weighted by Crippen LogP contribution is -2.37. The Morgan fingerprint density at radius 1 is 1.09 bits per heavy atom. The SMILES string of the molecule is O=C1NCCCC1Cc1ccc2nc(CC3CCCC3)cn2n1. The van der Waals surface area contributed by atoms with Crippen molar-refractivity contribution >= 4 is 11.6 Å². The second kappa shape index (κ2) is 6.30. The van der Waals surface area contributed by atoms with Crippen LogP contribution in [0.15, 0.2) is 18.3 Å². The Morgan fingerprint density at radius 3 is 2.78 bits per heavy atom. The summed E-state index contributed by atoms with van der Waals surface area (Å²) in [4.78, 5) is 16.6. The van der Waals surface area contributed by atoms with E-state index < -0.39 is 0 Å². The summed E-state index contributed by atoms with van der Waals surface area (Å²) < 4.78 is 1.89. The van der Waals surface area contributed by atoms with Gasteiger partial charge in [-0.3, -0.25) is 4.79 Å². The van der Waals surface area contributed by atoms with Crippen LogP contribution in [0.3, 0.4) is 0 Å². The maximum absolute atomic E-state index is 11.9. The van der Waals surface area contributed by atoms with Crippen LogP contribution in [0.4, 0.5) is 0 Å². The molecule has 1 saturated carbocycles. The summed E-state index contributed by atoms with van der Waals surface area (Å²) in [5, 5.41) is 7.62. The third kappa shape index (κ3) is 3.23. The standard InChI is InChI=1S/C18H24N4O/c23-18-14(6-3-9-19-18)11-15-7-8-17-20-16(12-22(17)21-15)10-13-4-1-2-5-13/h7-8,12-14H,1-6,9-11H2,(H,19,23). The van der Waals surface area contributed by atoms with Gasteiger partial charge in [-0.25, -0.2) is 9.50 Å². The van der Waals surface area contributed by atoms with E-state index in [4.69, 9.17) is 4.98 Å². The maximum atomic E-state index is 11.9. The van der Waals surface area contributed by atoms with Crippen LogP contribution in [0.1, 0.15) is 49.9 Å². The number of fused-ring (bicyclic) bond motifs is 1. The number of nitrogens with zero attached hydrogens (tertiary/aromatic N) is 3. The van der Waals surface area contributed by atoms with Gasteiger partial charge in [0.15, 0.2) is 5.65 Å². The quantitative estimate of drug-likeness (QED) is 0.944. The molecule has 2 aliphatic rings. The van der Waals surface area contributed by atoms with Gasteiger partial charge in [-0.15, -0.1) is 0 Å². The lowest BCUT2D eigenvalue weighted by molar-refractivity contribution is -0.126. The average molecular weight is 312 g/mol. The van der Waals surface area contributed by atoms with Crippen molar-refractivity contribution in [2.75, 3.05) is 6.54 Å². The molecule has 1 saturated heterocycles. The second-order valence-electron chi connectivity index (χ2n) is 7.05. The molecule has 0 bridgehead atoms. The topological polar surface area (TPSA) is 59.3 Å². The van der Waals surface area contributed by atoms with Crippen LogP contribution in [0.2, 0.25) is 0 Å². The van der Waals surface area contributed by atoms with E-state index in [1.807, 2.05) is 16.6 Å². The third-order valence-corrected chi connectivity index (χ3v) is 5.25. The molecule has 1 unspecified atom stereocenters. The Kier molecular flexibility index (Phi) is 4.02. The first-order chi connectivity index (χ1) is 11.3. The molecular weight excluding hydrogens is 288 g/mol. The fraction of sp³-hybridized carbons (Fsp3) is 0.611. The Bertz CT molecular complexity index is 702. The number of rotatable bonds is 4. The largest absolute Gasteiger partial charge is 0.356 e. The zero-order valence-corrected chi connectivity index (χ0v) is 13.5. The van der Waals surface area contributed by atoms with Crippen LogP contribution in [-0.2, 0) is 17.6 Å². The lowest BCUT2D eigenvalue weighted by Gasteiger charge is -2.21. The minimum atomic E-state index is 0.0650. The number of carbonyl (C=O) groups is 1. The summed E-state index contributed by atoms with van der Waals surface area (Å²) in [5.74, 6) is 1.03. The van der Waals surface area contributed by atoms with Gasteiger partial charge in [0.05, 0.1) is 17.6 Å². The van der Waals surface area contributed by atoms with Crippen LogP contribution in [0.5, 0.6) is 0 Å². The van der Waals surface area contributed by atoms with E-state index in [1.54, 1.807) is 0 Å². The van der Waals surface area contributed by atoms with Crippen molar-refractivity contribution in [3.8, 4) is 0 Å². The molecule has 1 amide bonds. The summed E-state index contributed by atoms with van der Waals surface area (Å²) in [5.41, 5.74) is 3.04. The van der Waals surface area contributed by atoms with Crippen molar-refractivity contribution < 1.29 is 4.79 Å². The third-order valence-electron chi connectivity index (χ3n) is 5.25. The van der Waals surface area contributed by atoms with Crippen molar-refractivity contribution in [2.24, 2.45) is 11.8 Å². The highest BCUT2D eigenvalue weighted by Gasteiger charge is 2.23. The highest BCUT2D eigenvalue weighted by molar-refractivity contribution is 5.79. The number of hydrogen-bond acceptors (Lipinski definition) is 3. The van der Waals surface area contributed by atoms with Crippen molar-refractivity contribution in [1.82, 2.24) is 19.9 Å². The summed E-state index contributed by atoms with van der Waals surface area (Å²) in [6, 6.07) is 4.05. The molecular formula is C18H24N4O. The molecule has 0 aromatic carbocycles. The second-order valence-corrected chi connectivity index (χ2v) is 7.05. The summed E-state index contributed by atoms with van der Waals surface area (Å²) in [7, 11) is 0. The van der Waals surface area contributed by atoms with Gasteiger partial charge < -0.3 is 5.32 Å². The summed E-state index contributed by atoms with van der Waals surface area (Å²) in [6.45, 7) is 0.813. The Labute approximate surface area is 136 Å². The molecule has 23 heavy (non-hydrogen) atoms. The fourth-order valence-corrected chi connectivity index (χ4v) is 3.97. The minimum Gasteiger partial charge on any atom is -0.356 e. The molecule has 4 rings (SSSR count). The van der Waals surface area contributed by atoms with Crippen LogP contribution < -0.4 is 5.32 Å². The normalized spacial score (nSPS) is 22.6. The Balaban J connectivity index is 1.49. The van der Waals surface area contributed by atoms with Crippen LogP contribution in [0, 0.1) is 11.8 Å². The van der Waals surface area contributed by atoms with Crippen LogP contribution in [-0.4, -0.2) is 27.0 Å². The monoisotopic (exact) mass is 312 g/mol. The zero-order valence-electron chi connectivity index (χ0n) is 13.5. The molecule has 3 heterocycles. The number of aromatic nitrogens is 3. The minimum absolute atomic E-state index is 0.0650. The van der Waals surface area contributed by atoms with Gasteiger partial charge in [-0.05, 0) is 37.3 Å². The van der Waals surface area contributed by atoms with Gasteiger partial charge in [-0.1, -0.05) is 25.7 Å². The zero-order chi connectivity index (χ0) is 15.6. The molecule has 122 valence electrons. The molecule has 0 radical (unpaired) electrons. The predicted molar refractivity (Wildman–Crippen MR) is 88.1 cm³/mol. The highest BCUT2D eigenvalue weighted by atomic mass is 16.1. The molecule has 2 aromatic heterocycles. The van der Waals surface area contributed by atoms with E-state index in [0.717, 1.165) is 55.2 Å². The first-order valence-corrected chi connectivity index (χ1v) is 8.90. The number of imidazole rings is 1. The first-order valence-electron chi connectivity index (χ1n) is 8.90. The smallest absolute Gasteiger partial charge is 0.223 e. The van der Waals surface area contributed by atoms with Crippen molar-refractivity contribution in [3.63, 3.8) is 0 Å². The molecule has 5 heteroatoms. The van der Waals surface area contributed by atoms with Crippen LogP contribution in [0.25, 0.3) is 5.65 Å². The van der Waals surface area contributed by atoms with E-state index in [-0.39, 0.29) is 11.8 Å². The van der Waals surface area contributed by atoms with Crippen molar-refractivity contribution in [3.05, 3.63) is 29.7 Å². The van der Waals surface area contributed by atoms with Gasteiger partial charge in [0, 0.05) is 18.9 Å². The maximum Gasteiger partial charge on any atom is 0.223 e. The molecule has 1 aliphatic heterocycles. The van der Waals surface area contributed by atoms with E-state index in [2.05, 4.69) is 16.6 Å². The van der Waals surface area contributed by atoms with E-state index in [0.29, 0.717) is 0 Å². The van der Waals surface area contributed by atoms with Gasteiger partial charge in [0.1, 0.15) is 0 Å². The molecule has 2 aromatic rings. The Morgan fingerprint density at radius 2 is 1.96 bits per heavy atom. The molecule has 1 atom stereocenters. The fourth-order valence-electron chi connectivity index (χ4n) is 3.97. The molecule has 1 N–H and O–H groups in total. The number of piperidine rings is 1. The molecule has 5 nitrogen and oxygen atoms in total. The van der Waals surface area contributed by atoms with Crippen LogP contribution >= 0.6 is 0 Å². The predicted octanol–water partition coefficient (Wildman–Crippen LogP) is 2.53. The van der Waals surface area contributed by atoms with Gasteiger partial charge in [-0.2, -0.15) is 5.10 Å². The van der Waals surface area contributed by atoms with E-state index >= 15 is 0 Å². The van der Waals surface area contributed by atoms with E-state index in [9.17, 15) is 4.79 Å². The highest BCUT2D eigenvalue weighted by Crippen LogP contribution is 2.27.